The normalized spacial score (nSPS) is 10.5. The van der Waals surface area contributed by atoms with Gasteiger partial charge in [0.05, 0.1) is 12.8 Å². The Morgan fingerprint density at radius 2 is 2.10 bits per heavy atom. The summed E-state index contributed by atoms with van der Waals surface area (Å²) in [5.41, 5.74) is 1.09. The molecule has 21 heavy (non-hydrogen) atoms. The molecular formula is C13H21N7O. The number of ether oxygens (including phenoxy) is 1. The van der Waals surface area contributed by atoms with Crippen molar-refractivity contribution in [2.75, 3.05) is 30.4 Å². The minimum Gasteiger partial charge on any atom is -0.464 e. The van der Waals surface area contributed by atoms with E-state index in [1.54, 1.807) is 4.68 Å². The summed E-state index contributed by atoms with van der Waals surface area (Å²) < 4.78 is 7.16. The predicted octanol–water partition coefficient (Wildman–Crippen LogP) is 1.07. The van der Waals surface area contributed by atoms with Crippen LogP contribution in [-0.2, 0) is 13.6 Å². The maximum Gasteiger partial charge on any atom is 0.323 e. The van der Waals surface area contributed by atoms with Crippen LogP contribution >= 0.6 is 0 Å². The van der Waals surface area contributed by atoms with Gasteiger partial charge in [-0.2, -0.15) is 20.1 Å². The Morgan fingerprint density at radius 1 is 1.29 bits per heavy atom. The summed E-state index contributed by atoms with van der Waals surface area (Å²) in [7, 11) is 3.82. The van der Waals surface area contributed by atoms with Crippen LogP contribution in [0, 0.1) is 0 Å². The van der Waals surface area contributed by atoms with E-state index in [2.05, 4.69) is 25.4 Å². The van der Waals surface area contributed by atoms with Gasteiger partial charge in [0.25, 0.3) is 0 Å². The van der Waals surface area contributed by atoms with E-state index in [9.17, 15) is 0 Å². The molecule has 0 saturated carbocycles. The van der Waals surface area contributed by atoms with Crippen molar-refractivity contribution in [1.82, 2.24) is 24.7 Å². The van der Waals surface area contributed by atoms with Gasteiger partial charge in [-0.3, -0.25) is 4.68 Å². The molecule has 0 atom stereocenters. The highest BCUT2D eigenvalue weighted by Crippen LogP contribution is 2.15. The van der Waals surface area contributed by atoms with Gasteiger partial charge in [0.2, 0.25) is 11.9 Å². The number of aryl methyl sites for hydroxylation is 1. The van der Waals surface area contributed by atoms with Gasteiger partial charge in [-0.25, -0.2) is 0 Å². The lowest BCUT2D eigenvalue weighted by Crippen LogP contribution is -2.20. The number of rotatable bonds is 7. The number of aromatic nitrogens is 5. The van der Waals surface area contributed by atoms with Crippen molar-refractivity contribution in [3.63, 3.8) is 0 Å². The van der Waals surface area contributed by atoms with Crippen LogP contribution in [0.25, 0.3) is 0 Å². The van der Waals surface area contributed by atoms with E-state index < -0.39 is 0 Å². The zero-order chi connectivity index (χ0) is 15.2. The van der Waals surface area contributed by atoms with Gasteiger partial charge >= 0.3 is 6.01 Å². The topological polar surface area (TPSA) is 81.0 Å². The van der Waals surface area contributed by atoms with Crippen LogP contribution in [0.2, 0.25) is 0 Å². The zero-order valence-electron chi connectivity index (χ0n) is 12.9. The molecule has 114 valence electrons. The third-order valence-corrected chi connectivity index (χ3v) is 2.73. The van der Waals surface area contributed by atoms with Crippen LogP contribution < -0.4 is 15.0 Å². The summed E-state index contributed by atoms with van der Waals surface area (Å²) in [6.07, 6.45) is 3.79. The average molecular weight is 291 g/mol. The Morgan fingerprint density at radius 3 is 2.71 bits per heavy atom. The molecule has 0 aliphatic rings. The molecule has 0 spiro atoms. The first-order valence-electron chi connectivity index (χ1n) is 6.93. The van der Waals surface area contributed by atoms with Crippen molar-refractivity contribution < 1.29 is 4.74 Å². The van der Waals surface area contributed by atoms with Gasteiger partial charge in [-0.1, -0.05) is 0 Å². The highest BCUT2D eigenvalue weighted by atomic mass is 16.5. The van der Waals surface area contributed by atoms with Crippen molar-refractivity contribution in [3.8, 4) is 6.01 Å². The summed E-state index contributed by atoms with van der Waals surface area (Å²) in [6.45, 7) is 5.80. The molecule has 0 aromatic carbocycles. The van der Waals surface area contributed by atoms with Crippen LogP contribution in [0.5, 0.6) is 6.01 Å². The average Bonchev–Trinajstić information content (AvgIpc) is 2.84. The first-order chi connectivity index (χ1) is 10.1. The molecule has 0 amide bonds. The van der Waals surface area contributed by atoms with Gasteiger partial charge in [0.1, 0.15) is 0 Å². The van der Waals surface area contributed by atoms with E-state index in [0.29, 0.717) is 31.1 Å². The standard InChI is InChI=1S/C13H21N7O/c1-5-14-11-16-12(18-13(17-11)21-6-2)19(3)8-10-7-15-20(4)9-10/h7,9H,5-6,8H2,1-4H3,(H,14,16,17,18). The van der Waals surface area contributed by atoms with Crippen molar-refractivity contribution in [1.29, 1.82) is 0 Å². The van der Waals surface area contributed by atoms with Crippen LogP contribution in [0.15, 0.2) is 12.4 Å². The lowest BCUT2D eigenvalue weighted by Gasteiger charge is -2.17. The Bertz CT molecular complexity index is 559. The molecule has 2 rings (SSSR count). The van der Waals surface area contributed by atoms with Crippen LogP contribution in [0.4, 0.5) is 11.9 Å². The van der Waals surface area contributed by atoms with E-state index in [0.717, 1.165) is 12.1 Å². The molecule has 0 aliphatic carbocycles. The lowest BCUT2D eigenvalue weighted by atomic mass is 10.3. The van der Waals surface area contributed by atoms with Crippen molar-refractivity contribution >= 4 is 11.9 Å². The molecule has 0 saturated heterocycles. The van der Waals surface area contributed by atoms with Gasteiger partial charge < -0.3 is 15.0 Å². The van der Waals surface area contributed by atoms with E-state index in [1.807, 2.05) is 45.2 Å². The smallest absolute Gasteiger partial charge is 0.323 e. The highest BCUT2D eigenvalue weighted by molar-refractivity contribution is 5.38. The second kappa shape index (κ2) is 6.87. The van der Waals surface area contributed by atoms with E-state index >= 15 is 0 Å². The largest absolute Gasteiger partial charge is 0.464 e. The fourth-order valence-electron chi connectivity index (χ4n) is 1.85. The van der Waals surface area contributed by atoms with Crippen LogP contribution in [0.1, 0.15) is 19.4 Å². The predicted molar refractivity (Wildman–Crippen MR) is 80.5 cm³/mol. The van der Waals surface area contributed by atoms with Crippen molar-refractivity contribution in [3.05, 3.63) is 18.0 Å². The number of anilines is 2. The third-order valence-electron chi connectivity index (χ3n) is 2.73. The van der Waals surface area contributed by atoms with Crippen molar-refractivity contribution in [2.45, 2.75) is 20.4 Å². The Kier molecular flexibility index (Phi) is 4.91. The monoisotopic (exact) mass is 291 g/mol. The second-order valence-corrected chi connectivity index (χ2v) is 4.58. The number of hydrogen-bond donors (Lipinski definition) is 1. The molecule has 0 bridgehead atoms. The summed E-state index contributed by atoms with van der Waals surface area (Å²) in [4.78, 5) is 14.9. The first kappa shape index (κ1) is 15.0. The minimum atomic E-state index is 0.330. The molecule has 0 aliphatic heterocycles. The van der Waals surface area contributed by atoms with Crippen molar-refractivity contribution in [2.24, 2.45) is 7.05 Å². The maximum absolute atomic E-state index is 5.39. The Balaban J connectivity index is 2.19. The molecule has 8 heteroatoms. The minimum absolute atomic E-state index is 0.330. The lowest BCUT2D eigenvalue weighted by molar-refractivity contribution is 0.312. The molecule has 0 unspecified atom stereocenters. The van der Waals surface area contributed by atoms with Gasteiger partial charge in [0.15, 0.2) is 0 Å². The second-order valence-electron chi connectivity index (χ2n) is 4.58. The van der Waals surface area contributed by atoms with Gasteiger partial charge in [0, 0.05) is 38.9 Å². The van der Waals surface area contributed by atoms with Crippen LogP contribution in [0.3, 0.4) is 0 Å². The molecule has 8 nitrogen and oxygen atoms in total. The fraction of sp³-hybridized carbons (Fsp3) is 0.538. The summed E-state index contributed by atoms with van der Waals surface area (Å²) in [5.74, 6) is 1.08. The quantitative estimate of drug-likeness (QED) is 0.817. The van der Waals surface area contributed by atoms with E-state index in [4.69, 9.17) is 4.74 Å². The van der Waals surface area contributed by atoms with Crippen LogP contribution in [-0.4, -0.2) is 44.9 Å². The summed E-state index contributed by atoms with van der Waals surface area (Å²) in [5, 5.41) is 7.24. The summed E-state index contributed by atoms with van der Waals surface area (Å²) in [6, 6.07) is 0.330. The molecule has 1 N–H and O–H groups in total. The molecule has 2 aromatic rings. The SMILES string of the molecule is CCNc1nc(OCC)nc(N(C)Cc2cnn(C)c2)n1. The first-order valence-corrected chi connectivity index (χ1v) is 6.93. The molecule has 0 radical (unpaired) electrons. The molecular weight excluding hydrogens is 270 g/mol. The fourth-order valence-corrected chi connectivity index (χ4v) is 1.85. The Hall–Kier alpha value is -2.38. The highest BCUT2D eigenvalue weighted by Gasteiger charge is 2.12. The van der Waals surface area contributed by atoms with E-state index in [1.165, 1.54) is 0 Å². The molecule has 0 fully saturated rings. The van der Waals surface area contributed by atoms with E-state index in [-0.39, 0.29) is 0 Å². The Labute approximate surface area is 124 Å². The van der Waals surface area contributed by atoms with Gasteiger partial charge in [-0.15, -0.1) is 0 Å². The summed E-state index contributed by atoms with van der Waals surface area (Å²) >= 11 is 0. The third kappa shape index (κ3) is 4.04. The maximum atomic E-state index is 5.39. The molecule has 2 heterocycles. The number of hydrogen-bond acceptors (Lipinski definition) is 7. The zero-order valence-corrected chi connectivity index (χ0v) is 12.9. The van der Waals surface area contributed by atoms with Gasteiger partial charge in [-0.05, 0) is 13.8 Å². The number of nitrogens with zero attached hydrogens (tertiary/aromatic N) is 6. The molecule has 2 aromatic heterocycles. The number of nitrogens with one attached hydrogen (secondary N) is 1.